The predicted octanol–water partition coefficient (Wildman–Crippen LogP) is -0.565. The van der Waals surface area contributed by atoms with Gasteiger partial charge >= 0.3 is 11.9 Å². The second kappa shape index (κ2) is 2.37. The first kappa shape index (κ1) is 7.19. The van der Waals surface area contributed by atoms with Gasteiger partial charge in [-0.15, -0.1) is 0 Å². The van der Waals surface area contributed by atoms with E-state index in [2.05, 4.69) is 9.98 Å². The van der Waals surface area contributed by atoms with Gasteiger partial charge in [0.05, 0.1) is 6.21 Å². The summed E-state index contributed by atoms with van der Waals surface area (Å²) in [6, 6.07) is -1.03. The van der Waals surface area contributed by atoms with Gasteiger partial charge in [0.15, 0.2) is 0 Å². The van der Waals surface area contributed by atoms with Crippen molar-refractivity contribution >= 4 is 23.9 Å². The molecule has 56 valence electrons. The highest BCUT2D eigenvalue weighted by Gasteiger charge is 2.28. The van der Waals surface area contributed by atoms with Gasteiger partial charge in [-0.1, -0.05) is 0 Å². The molecule has 0 aliphatic carbocycles. The van der Waals surface area contributed by atoms with E-state index in [9.17, 15) is 19.7 Å². The molecule has 11 heavy (non-hydrogen) atoms. The fourth-order valence-electron chi connectivity index (χ4n) is 0.477. The lowest BCUT2D eigenvalue weighted by molar-refractivity contribution is -0.348. The van der Waals surface area contributed by atoms with Crippen LogP contribution >= 0.6 is 0 Å². The minimum Gasteiger partial charge on any atom is -0.358 e. The third-order valence-corrected chi connectivity index (χ3v) is 0.887. The van der Waals surface area contributed by atoms with Gasteiger partial charge in [-0.25, -0.2) is 4.79 Å². The zero-order valence-corrected chi connectivity index (χ0v) is 5.05. The standard InChI is InChI=1S/C4HN3O4/c8-2-1-5-4(9)6-3(2)7(10)11/h1H. The molecule has 1 heterocycles. The number of carbonyl (C=O) groups excluding carboxylic acids is 2. The normalized spacial score (nSPS) is 16.5. The van der Waals surface area contributed by atoms with Crippen LogP contribution < -0.4 is 0 Å². The number of rotatable bonds is 0. The molecule has 0 fully saturated rings. The van der Waals surface area contributed by atoms with E-state index in [-0.39, 0.29) is 0 Å². The van der Waals surface area contributed by atoms with Crippen molar-refractivity contribution in [1.82, 2.24) is 0 Å². The summed E-state index contributed by atoms with van der Waals surface area (Å²) in [4.78, 5) is 35.4. The average molecular weight is 155 g/mol. The Labute approximate surface area is 59.6 Å². The Morgan fingerprint density at radius 3 is 2.55 bits per heavy atom. The minimum absolute atomic E-state index is 0.577. The Morgan fingerprint density at radius 1 is 1.45 bits per heavy atom. The predicted molar refractivity (Wildman–Crippen MR) is 33.3 cm³/mol. The molecule has 0 aromatic heterocycles. The summed E-state index contributed by atoms with van der Waals surface area (Å²) in [6.07, 6.45) is 0.577. The van der Waals surface area contributed by atoms with Gasteiger partial charge < -0.3 is 10.1 Å². The van der Waals surface area contributed by atoms with Crippen LogP contribution in [0.3, 0.4) is 0 Å². The van der Waals surface area contributed by atoms with Crippen LogP contribution in [0, 0.1) is 10.1 Å². The zero-order chi connectivity index (χ0) is 8.43. The van der Waals surface area contributed by atoms with E-state index < -0.39 is 22.6 Å². The van der Waals surface area contributed by atoms with E-state index >= 15 is 0 Å². The number of amides is 2. The molecule has 0 aromatic carbocycles. The highest BCUT2D eigenvalue weighted by atomic mass is 16.6. The first-order valence-electron chi connectivity index (χ1n) is 2.46. The van der Waals surface area contributed by atoms with Crippen molar-refractivity contribution in [3.8, 4) is 0 Å². The van der Waals surface area contributed by atoms with Crippen LogP contribution in [0.1, 0.15) is 0 Å². The quantitative estimate of drug-likeness (QED) is 0.345. The van der Waals surface area contributed by atoms with Crippen molar-refractivity contribution in [1.29, 1.82) is 0 Å². The number of hydrogen-bond acceptors (Lipinski definition) is 4. The Balaban J connectivity index is 3.03. The number of amidine groups is 1. The van der Waals surface area contributed by atoms with Crippen LogP contribution in [0.5, 0.6) is 0 Å². The SMILES string of the molecule is O=C1N=CC(=O)C([N+](=O)[O-])=N1. The van der Waals surface area contributed by atoms with Crippen LogP contribution in [0.2, 0.25) is 0 Å². The maximum atomic E-state index is 10.5. The highest BCUT2D eigenvalue weighted by molar-refractivity contribution is 6.60. The molecule has 1 rings (SSSR count). The van der Waals surface area contributed by atoms with Crippen molar-refractivity contribution in [3.05, 3.63) is 10.1 Å². The van der Waals surface area contributed by atoms with Gasteiger partial charge in [0.25, 0.3) is 5.78 Å². The molecular weight excluding hydrogens is 154 g/mol. The topological polar surface area (TPSA) is 102 Å². The largest absolute Gasteiger partial charge is 0.477 e. The summed E-state index contributed by atoms with van der Waals surface area (Å²) in [6.45, 7) is 0. The molecule has 7 nitrogen and oxygen atoms in total. The van der Waals surface area contributed by atoms with Crippen LogP contribution in [-0.2, 0) is 4.79 Å². The number of Topliss-reactive ketones (excluding diaryl/α,β-unsaturated/α-hetero) is 1. The number of nitrogens with zero attached hydrogens (tertiary/aromatic N) is 3. The summed E-state index contributed by atoms with van der Waals surface area (Å²) < 4.78 is 0. The van der Waals surface area contributed by atoms with E-state index in [4.69, 9.17) is 0 Å². The van der Waals surface area contributed by atoms with Gasteiger partial charge in [-0.2, -0.15) is 4.99 Å². The lowest BCUT2D eigenvalue weighted by Crippen LogP contribution is -2.28. The van der Waals surface area contributed by atoms with E-state index in [1.807, 2.05) is 0 Å². The Bertz CT molecular complexity index is 302. The highest BCUT2D eigenvalue weighted by Crippen LogP contribution is 1.93. The van der Waals surface area contributed by atoms with Crippen molar-refractivity contribution < 1.29 is 14.5 Å². The first-order valence-corrected chi connectivity index (χ1v) is 2.46. The summed E-state index contributed by atoms with van der Waals surface area (Å²) >= 11 is 0. The molecule has 1 aliphatic heterocycles. The van der Waals surface area contributed by atoms with E-state index in [1.54, 1.807) is 0 Å². The molecule has 0 aromatic rings. The number of nitro groups is 1. The van der Waals surface area contributed by atoms with Gasteiger partial charge in [0.2, 0.25) is 0 Å². The summed E-state index contributed by atoms with van der Waals surface area (Å²) in [7, 11) is 0. The van der Waals surface area contributed by atoms with Gasteiger partial charge in [0.1, 0.15) is 0 Å². The Morgan fingerprint density at radius 2 is 2.09 bits per heavy atom. The molecule has 0 atom stereocenters. The van der Waals surface area contributed by atoms with E-state index in [0.29, 0.717) is 6.21 Å². The maximum Gasteiger partial charge on any atom is 0.477 e. The summed E-state index contributed by atoms with van der Waals surface area (Å²) in [5.74, 6) is -1.94. The number of carbonyl (C=O) groups is 2. The van der Waals surface area contributed by atoms with E-state index in [0.717, 1.165) is 0 Å². The lowest BCUT2D eigenvalue weighted by atomic mass is 10.4. The third kappa shape index (κ3) is 1.31. The monoisotopic (exact) mass is 155 g/mol. The van der Waals surface area contributed by atoms with Crippen LogP contribution in [-0.4, -0.2) is 28.8 Å². The second-order valence-corrected chi connectivity index (χ2v) is 1.60. The van der Waals surface area contributed by atoms with Gasteiger partial charge in [0, 0.05) is 4.99 Å². The number of aliphatic imine (C=N–C) groups is 2. The van der Waals surface area contributed by atoms with Crippen molar-refractivity contribution in [2.75, 3.05) is 0 Å². The average Bonchev–Trinajstić information content (AvgIpc) is 1.94. The summed E-state index contributed by atoms with van der Waals surface area (Å²) in [5.41, 5.74) is 0. The fraction of sp³-hybridized carbons (Fsp3) is 0. The van der Waals surface area contributed by atoms with Crippen molar-refractivity contribution in [2.45, 2.75) is 0 Å². The van der Waals surface area contributed by atoms with Crippen LogP contribution in [0.4, 0.5) is 4.79 Å². The van der Waals surface area contributed by atoms with Crippen LogP contribution in [0.25, 0.3) is 0 Å². The van der Waals surface area contributed by atoms with E-state index in [1.165, 1.54) is 0 Å². The lowest BCUT2D eigenvalue weighted by Gasteiger charge is -1.93. The second-order valence-electron chi connectivity index (χ2n) is 1.60. The molecule has 1 aliphatic rings. The van der Waals surface area contributed by atoms with Gasteiger partial charge in [-0.05, 0) is 4.92 Å². The van der Waals surface area contributed by atoms with Crippen molar-refractivity contribution in [3.63, 3.8) is 0 Å². The number of hydrogen-bond donors (Lipinski definition) is 0. The van der Waals surface area contributed by atoms with Gasteiger partial charge in [-0.3, -0.25) is 4.79 Å². The molecule has 0 saturated carbocycles. The third-order valence-electron chi connectivity index (χ3n) is 0.887. The molecule has 0 saturated heterocycles. The zero-order valence-electron chi connectivity index (χ0n) is 5.05. The molecular formula is C4HN3O4. The number of urea groups is 1. The molecule has 2 amide bonds. The Hall–Kier alpha value is -1.92. The molecule has 0 N–H and O–H groups in total. The smallest absolute Gasteiger partial charge is 0.358 e. The molecule has 7 heteroatoms. The Kier molecular flexibility index (Phi) is 1.55. The minimum atomic E-state index is -1.03. The van der Waals surface area contributed by atoms with Crippen LogP contribution in [0.15, 0.2) is 9.98 Å². The molecule has 0 bridgehead atoms. The molecule has 0 unspecified atom stereocenters. The number of ketones is 1. The maximum absolute atomic E-state index is 10.5. The fourth-order valence-corrected chi connectivity index (χ4v) is 0.477. The molecule has 0 spiro atoms. The molecule has 0 radical (unpaired) electrons. The van der Waals surface area contributed by atoms with Crippen molar-refractivity contribution in [2.24, 2.45) is 9.98 Å². The first-order chi connectivity index (χ1) is 5.11. The summed E-state index contributed by atoms with van der Waals surface area (Å²) in [5, 5.41) is 9.95.